The maximum Gasteiger partial charge on any atom is 0.338 e. The van der Waals surface area contributed by atoms with Crippen LogP contribution in [0.3, 0.4) is 0 Å². The molecule has 1 aliphatic rings. The van der Waals surface area contributed by atoms with Gasteiger partial charge in [0.2, 0.25) is 5.78 Å². The number of carbonyl (C=O) groups excluding carboxylic acids is 2. The Hall–Kier alpha value is -3.06. The van der Waals surface area contributed by atoms with Crippen molar-refractivity contribution in [1.82, 2.24) is 0 Å². The fourth-order valence-corrected chi connectivity index (χ4v) is 2.97. The van der Waals surface area contributed by atoms with E-state index < -0.39 is 12.6 Å². The van der Waals surface area contributed by atoms with Gasteiger partial charge in [0.15, 0.2) is 6.61 Å². The van der Waals surface area contributed by atoms with Gasteiger partial charge >= 0.3 is 5.97 Å². The fourth-order valence-electron chi connectivity index (χ4n) is 2.97. The monoisotopic (exact) mass is 400 g/mol. The van der Waals surface area contributed by atoms with E-state index in [4.69, 9.17) is 23.7 Å². The van der Waals surface area contributed by atoms with Gasteiger partial charge in [-0.05, 0) is 49.2 Å². The highest BCUT2D eigenvalue weighted by atomic mass is 16.5. The van der Waals surface area contributed by atoms with E-state index in [1.165, 1.54) is 14.2 Å². The summed E-state index contributed by atoms with van der Waals surface area (Å²) in [6.45, 7) is 0.876. The predicted octanol–water partition coefficient (Wildman–Crippen LogP) is 3.30. The number of ether oxygens (including phenoxy) is 5. The van der Waals surface area contributed by atoms with Crippen LogP contribution in [0.25, 0.3) is 0 Å². The molecule has 0 radical (unpaired) electrons. The van der Waals surface area contributed by atoms with Crippen molar-refractivity contribution in [2.24, 2.45) is 0 Å². The van der Waals surface area contributed by atoms with Gasteiger partial charge in [0.1, 0.15) is 23.9 Å². The second-order valence-electron chi connectivity index (χ2n) is 6.54. The molecular formula is C22H24O7. The molecule has 0 amide bonds. The molecule has 0 bridgehead atoms. The van der Waals surface area contributed by atoms with Crippen molar-refractivity contribution in [1.29, 1.82) is 0 Å². The third-order valence-corrected chi connectivity index (χ3v) is 4.59. The molecule has 2 aromatic rings. The molecule has 1 atom stereocenters. The van der Waals surface area contributed by atoms with Crippen molar-refractivity contribution in [3.8, 4) is 17.2 Å². The van der Waals surface area contributed by atoms with Crippen LogP contribution in [-0.2, 0) is 9.47 Å². The van der Waals surface area contributed by atoms with E-state index in [9.17, 15) is 9.59 Å². The molecule has 0 N–H and O–H groups in total. The Labute approximate surface area is 169 Å². The number of hydrogen-bond acceptors (Lipinski definition) is 7. The zero-order valence-corrected chi connectivity index (χ0v) is 16.5. The van der Waals surface area contributed by atoms with E-state index >= 15 is 0 Å². The highest BCUT2D eigenvalue weighted by Gasteiger charge is 2.18. The lowest BCUT2D eigenvalue weighted by atomic mass is 10.1. The number of Topliss-reactive ketones (excluding diaryl/α,β-unsaturated/α-hetero) is 1. The zero-order chi connectivity index (χ0) is 20.6. The fraction of sp³-hybridized carbons (Fsp3) is 0.364. The number of methoxy groups -OCH3 is 2. The third kappa shape index (κ3) is 5.48. The van der Waals surface area contributed by atoms with Crippen LogP contribution < -0.4 is 14.2 Å². The first-order chi connectivity index (χ1) is 14.1. The van der Waals surface area contributed by atoms with E-state index in [1.807, 2.05) is 0 Å². The number of rotatable bonds is 9. The van der Waals surface area contributed by atoms with Crippen LogP contribution in [0, 0.1) is 0 Å². The molecule has 1 unspecified atom stereocenters. The van der Waals surface area contributed by atoms with Crippen LogP contribution in [0.5, 0.6) is 17.2 Å². The largest absolute Gasteiger partial charge is 0.497 e. The molecule has 0 spiro atoms. The molecule has 0 aliphatic carbocycles. The van der Waals surface area contributed by atoms with Crippen molar-refractivity contribution in [2.75, 3.05) is 34.0 Å². The summed E-state index contributed by atoms with van der Waals surface area (Å²) in [5, 5.41) is 0. The van der Waals surface area contributed by atoms with Crippen LogP contribution in [0.2, 0.25) is 0 Å². The minimum atomic E-state index is -0.587. The molecular weight excluding hydrogens is 376 g/mol. The smallest absolute Gasteiger partial charge is 0.338 e. The summed E-state index contributed by atoms with van der Waals surface area (Å²) in [6, 6.07) is 11.4. The van der Waals surface area contributed by atoms with Crippen molar-refractivity contribution in [3.05, 3.63) is 53.6 Å². The number of carbonyl (C=O) groups is 2. The third-order valence-electron chi connectivity index (χ3n) is 4.59. The van der Waals surface area contributed by atoms with Crippen LogP contribution in [0.4, 0.5) is 0 Å². The maximum absolute atomic E-state index is 12.4. The molecule has 29 heavy (non-hydrogen) atoms. The molecule has 154 valence electrons. The van der Waals surface area contributed by atoms with E-state index in [2.05, 4.69) is 0 Å². The van der Waals surface area contributed by atoms with Gasteiger partial charge in [0, 0.05) is 12.7 Å². The highest BCUT2D eigenvalue weighted by molar-refractivity contribution is 6.01. The Morgan fingerprint density at radius 2 is 1.79 bits per heavy atom. The topological polar surface area (TPSA) is 80.3 Å². The Bertz CT molecular complexity index is 839. The Balaban J connectivity index is 1.52. The number of hydrogen-bond donors (Lipinski definition) is 0. The van der Waals surface area contributed by atoms with Crippen molar-refractivity contribution in [2.45, 2.75) is 18.9 Å². The summed E-state index contributed by atoms with van der Waals surface area (Å²) in [5.41, 5.74) is 0.656. The van der Waals surface area contributed by atoms with E-state index in [0.29, 0.717) is 35.0 Å². The zero-order valence-electron chi connectivity index (χ0n) is 16.5. The number of ketones is 1. The highest BCUT2D eigenvalue weighted by Crippen LogP contribution is 2.25. The Kier molecular flexibility index (Phi) is 7.08. The molecule has 1 fully saturated rings. The number of benzene rings is 2. The van der Waals surface area contributed by atoms with Gasteiger partial charge in [0.05, 0.1) is 31.5 Å². The van der Waals surface area contributed by atoms with Crippen LogP contribution in [0.1, 0.15) is 33.6 Å². The van der Waals surface area contributed by atoms with E-state index in [0.717, 1.165) is 19.4 Å². The Morgan fingerprint density at radius 1 is 1.03 bits per heavy atom. The second-order valence-corrected chi connectivity index (χ2v) is 6.54. The molecule has 7 heteroatoms. The predicted molar refractivity (Wildman–Crippen MR) is 105 cm³/mol. The Morgan fingerprint density at radius 3 is 2.45 bits per heavy atom. The molecule has 0 aromatic heterocycles. The van der Waals surface area contributed by atoms with Crippen LogP contribution in [0.15, 0.2) is 42.5 Å². The van der Waals surface area contributed by atoms with Crippen LogP contribution >= 0.6 is 0 Å². The molecule has 1 aliphatic heterocycles. The summed E-state index contributed by atoms with van der Waals surface area (Å²) in [5.74, 6) is 0.623. The number of esters is 1. The molecule has 2 aromatic carbocycles. The average molecular weight is 400 g/mol. The van der Waals surface area contributed by atoms with Crippen LogP contribution in [-0.4, -0.2) is 51.9 Å². The molecule has 1 heterocycles. The average Bonchev–Trinajstić information content (AvgIpc) is 3.29. The van der Waals surface area contributed by atoms with Gasteiger partial charge in [-0.3, -0.25) is 4.79 Å². The van der Waals surface area contributed by atoms with E-state index in [1.54, 1.807) is 42.5 Å². The summed E-state index contributed by atoms with van der Waals surface area (Å²) >= 11 is 0. The van der Waals surface area contributed by atoms with Gasteiger partial charge < -0.3 is 23.7 Å². The minimum Gasteiger partial charge on any atom is -0.497 e. The molecule has 3 rings (SSSR count). The van der Waals surface area contributed by atoms with Gasteiger partial charge in [-0.2, -0.15) is 0 Å². The second kappa shape index (κ2) is 9.93. The quantitative estimate of drug-likeness (QED) is 0.472. The van der Waals surface area contributed by atoms with Gasteiger partial charge in [-0.15, -0.1) is 0 Å². The molecule has 0 saturated carbocycles. The lowest BCUT2D eigenvalue weighted by molar-refractivity contribution is 0.0473. The van der Waals surface area contributed by atoms with E-state index in [-0.39, 0.29) is 11.9 Å². The van der Waals surface area contributed by atoms with Crippen molar-refractivity contribution >= 4 is 11.8 Å². The lowest BCUT2D eigenvalue weighted by Crippen LogP contribution is -2.16. The summed E-state index contributed by atoms with van der Waals surface area (Å²) < 4.78 is 26.6. The van der Waals surface area contributed by atoms with Gasteiger partial charge in [0.25, 0.3) is 0 Å². The summed E-state index contributed by atoms with van der Waals surface area (Å²) in [4.78, 5) is 24.6. The first-order valence-electron chi connectivity index (χ1n) is 9.37. The van der Waals surface area contributed by atoms with Gasteiger partial charge in [-0.25, -0.2) is 4.79 Å². The maximum atomic E-state index is 12.4. The first-order valence-corrected chi connectivity index (χ1v) is 9.37. The standard InChI is InChI=1S/C22H24O7/c1-25-17-9-10-19(21(12-17)26-2)20(23)14-29-22(24)15-5-7-16(8-6-15)28-13-18-4-3-11-27-18/h5-10,12,18H,3-4,11,13-14H2,1-2H3. The van der Waals surface area contributed by atoms with Gasteiger partial charge in [-0.1, -0.05) is 0 Å². The minimum absolute atomic E-state index is 0.126. The first kappa shape index (κ1) is 20.7. The SMILES string of the molecule is COc1ccc(C(=O)COC(=O)c2ccc(OCC3CCCO3)cc2)c(OC)c1. The van der Waals surface area contributed by atoms with Crippen molar-refractivity contribution in [3.63, 3.8) is 0 Å². The van der Waals surface area contributed by atoms with Crippen molar-refractivity contribution < 1.29 is 33.3 Å². The normalized spacial score (nSPS) is 15.6. The summed E-state index contributed by atoms with van der Waals surface area (Å²) in [7, 11) is 2.98. The lowest BCUT2D eigenvalue weighted by Gasteiger charge is -2.12. The molecule has 1 saturated heterocycles. The summed E-state index contributed by atoms with van der Waals surface area (Å²) in [6.07, 6.45) is 2.18. The molecule has 7 nitrogen and oxygen atoms in total.